The largest absolute Gasteiger partial charge is 0.328 e. The van der Waals surface area contributed by atoms with Crippen molar-refractivity contribution in [1.29, 1.82) is 0 Å². The maximum Gasteiger partial charge on any atom is 0.240 e. The molecular weight excluding hydrogens is 276 g/mol. The number of hydrogen-bond donors (Lipinski definition) is 2. The van der Waals surface area contributed by atoms with E-state index < -0.39 is 10.0 Å². The van der Waals surface area contributed by atoms with Gasteiger partial charge in [0.25, 0.3) is 0 Å². The normalized spacial score (nSPS) is 25.4. The number of ketones is 1. The van der Waals surface area contributed by atoms with Gasteiger partial charge < -0.3 is 5.73 Å². The van der Waals surface area contributed by atoms with Crippen LogP contribution in [-0.4, -0.2) is 26.8 Å². The summed E-state index contributed by atoms with van der Waals surface area (Å²) in [6.45, 7) is 0.418. The van der Waals surface area contributed by atoms with Crippen molar-refractivity contribution in [2.45, 2.75) is 36.6 Å². The molecule has 0 bridgehead atoms. The van der Waals surface area contributed by atoms with Crippen molar-refractivity contribution in [1.82, 2.24) is 4.72 Å². The molecule has 3 N–H and O–H groups in total. The van der Waals surface area contributed by atoms with Gasteiger partial charge in [-0.05, 0) is 42.9 Å². The van der Waals surface area contributed by atoms with E-state index in [0.717, 1.165) is 18.4 Å². The lowest BCUT2D eigenvalue weighted by Gasteiger charge is -2.32. The van der Waals surface area contributed by atoms with E-state index in [9.17, 15) is 13.2 Å². The van der Waals surface area contributed by atoms with Gasteiger partial charge in [-0.2, -0.15) is 0 Å². The van der Waals surface area contributed by atoms with Gasteiger partial charge in [-0.15, -0.1) is 0 Å². The van der Waals surface area contributed by atoms with Gasteiger partial charge in [0.1, 0.15) is 0 Å². The topological polar surface area (TPSA) is 89.3 Å². The number of sulfonamides is 1. The number of carbonyl (C=O) groups is 1. The Hall–Kier alpha value is -1.24. The van der Waals surface area contributed by atoms with E-state index in [0.29, 0.717) is 30.9 Å². The van der Waals surface area contributed by atoms with Crippen LogP contribution in [0.4, 0.5) is 0 Å². The van der Waals surface area contributed by atoms with Crippen LogP contribution in [0.2, 0.25) is 0 Å². The van der Waals surface area contributed by atoms with Gasteiger partial charge in [0.15, 0.2) is 5.78 Å². The summed E-state index contributed by atoms with van der Waals surface area (Å²) in [5.41, 5.74) is 7.18. The molecule has 0 amide bonds. The summed E-state index contributed by atoms with van der Waals surface area (Å²) >= 11 is 0. The van der Waals surface area contributed by atoms with Crippen molar-refractivity contribution in [3.05, 3.63) is 29.3 Å². The molecule has 108 valence electrons. The van der Waals surface area contributed by atoms with Crippen molar-refractivity contribution < 1.29 is 13.2 Å². The third-order valence-corrected chi connectivity index (χ3v) is 5.57. The van der Waals surface area contributed by atoms with Crippen molar-refractivity contribution in [2.75, 3.05) is 6.54 Å². The van der Waals surface area contributed by atoms with Gasteiger partial charge in [-0.3, -0.25) is 4.79 Å². The molecule has 1 saturated carbocycles. The Labute approximate surface area is 118 Å². The lowest BCUT2D eigenvalue weighted by atomic mass is 9.81. The quantitative estimate of drug-likeness (QED) is 0.861. The van der Waals surface area contributed by atoms with Crippen LogP contribution < -0.4 is 10.5 Å². The predicted octanol–water partition coefficient (Wildman–Crippen LogP) is 0.831. The molecule has 0 atom stereocenters. The molecule has 6 heteroatoms. The second-order valence-electron chi connectivity index (χ2n) is 5.69. The average Bonchev–Trinajstić information content (AvgIpc) is 2.75. The molecular formula is C14H18N2O3S. The van der Waals surface area contributed by atoms with Crippen molar-refractivity contribution in [2.24, 2.45) is 11.7 Å². The third kappa shape index (κ3) is 2.51. The zero-order valence-corrected chi connectivity index (χ0v) is 11.9. The molecule has 0 aliphatic heterocycles. The van der Waals surface area contributed by atoms with Crippen molar-refractivity contribution in [3.63, 3.8) is 0 Å². The minimum Gasteiger partial charge on any atom is -0.328 e. The Balaban J connectivity index is 1.74. The molecule has 2 aliphatic rings. The summed E-state index contributed by atoms with van der Waals surface area (Å²) in [4.78, 5) is 11.8. The highest BCUT2D eigenvalue weighted by atomic mass is 32.2. The van der Waals surface area contributed by atoms with E-state index in [-0.39, 0.29) is 16.7 Å². The van der Waals surface area contributed by atoms with Crippen LogP contribution in [0.1, 0.15) is 35.2 Å². The SMILES string of the molecule is NC1CC(CNS(=O)(=O)c2ccc3c(c2)C(=O)CC3)C1. The Kier molecular flexibility index (Phi) is 3.40. The number of aryl methyl sites for hydroxylation is 1. The van der Waals surface area contributed by atoms with Crippen LogP contribution in [0, 0.1) is 5.92 Å². The van der Waals surface area contributed by atoms with Crippen LogP contribution >= 0.6 is 0 Å². The first-order valence-electron chi connectivity index (χ1n) is 6.87. The minimum absolute atomic E-state index is 0.0296. The van der Waals surface area contributed by atoms with Gasteiger partial charge in [0.2, 0.25) is 10.0 Å². The zero-order chi connectivity index (χ0) is 14.3. The van der Waals surface area contributed by atoms with E-state index in [1.54, 1.807) is 12.1 Å². The summed E-state index contributed by atoms with van der Waals surface area (Å²) in [6.07, 6.45) is 2.92. The van der Waals surface area contributed by atoms with E-state index in [2.05, 4.69) is 4.72 Å². The van der Waals surface area contributed by atoms with Gasteiger partial charge in [-0.25, -0.2) is 13.1 Å². The monoisotopic (exact) mass is 294 g/mol. The van der Waals surface area contributed by atoms with E-state index in [1.807, 2.05) is 0 Å². The highest BCUT2D eigenvalue weighted by Gasteiger charge is 2.28. The summed E-state index contributed by atoms with van der Waals surface area (Å²) in [5.74, 6) is 0.359. The van der Waals surface area contributed by atoms with E-state index in [1.165, 1.54) is 6.07 Å². The summed E-state index contributed by atoms with van der Waals surface area (Å²) in [6, 6.07) is 5.03. The van der Waals surface area contributed by atoms with Crippen LogP contribution in [-0.2, 0) is 16.4 Å². The van der Waals surface area contributed by atoms with Gasteiger partial charge in [-0.1, -0.05) is 6.07 Å². The first-order valence-corrected chi connectivity index (χ1v) is 8.35. The molecule has 0 unspecified atom stereocenters. The Morgan fingerprint density at radius 2 is 2.00 bits per heavy atom. The number of nitrogens with one attached hydrogen (secondary N) is 1. The fraction of sp³-hybridized carbons (Fsp3) is 0.500. The smallest absolute Gasteiger partial charge is 0.240 e. The predicted molar refractivity (Wildman–Crippen MR) is 75.0 cm³/mol. The highest BCUT2D eigenvalue weighted by molar-refractivity contribution is 7.89. The third-order valence-electron chi connectivity index (χ3n) is 4.15. The molecule has 2 aliphatic carbocycles. The molecule has 0 saturated heterocycles. The molecule has 0 radical (unpaired) electrons. The van der Waals surface area contributed by atoms with E-state index >= 15 is 0 Å². The second-order valence-corrected chi connectivity index (χ2v) is 7.46. The summed E-state index contributed by atoms with van der Waals surface area (Å²) < 4.78 is 27.0. The fourth-order valence-electron chi connectivity index (χ4n) is 2.85. The number of carbonyl (C=O) groups excluding carboxylic acids is 1. The minimum atomic E-state index is -3.54. The van der Waals surface area contributed by atoms with Gasteiger partial charge >= 0.3 is 0 Å². The zero-order valence-electron chi connectivity index (χ0n) is 11.1. The Bertz CT molecular complexity index is 648. The number of nitrogens with two attached hydrogens (primary N) is 1. The number of Topliss-reactive ketones (excluding diaryl/α,β-unsaturated/α-hetero) is 1. The van der Waals surface area contributed by atoms with Crippen LogP contribution in [0.5, 0.6) is 0 Å². The van der Waals surface area contributed by atoms with Crippen LogP contribution in [0.3, 0.4) is 0 Å². The number of fused-ring (bicyclic) bond motifs is 1. The lowest BCUT2D eigenvalue weighted by molar-refractivity contribution is 0.0994. The van der Waals surface area contributed by atoms with Gasteiger partial charge in [0.05, 0.1) is 4.90 Å². The Morgan fingerprint density at radius 1 is 1.25 bits per heavy atom. The standard InChI is InChI=1S/C14H18N2O3S/c15-11-5-9(6-11)8-16-20(18,19)12-3-1-10-2-4-14(17)13(10)7-12/h1,3,7,9,11,16H,2,4-6,8,15H2. The van der Waals surface area contributed by atoms with Crippen molar-refractivity contribution >= 4 is 15.8 Å². The average molecular weight is 294 g/mol. The molecule has 5 nitrogen and oxygen atoms in total. The molecule has 20 heavy (non-hydrogen) atoms. The maximum absolute atomic E-state index is 12.2. The highest BCUT2D eigenvalue weighted by Crippen LogP contribution is 2.27. The first-order chi connectivity index (χ1) is 9.45. The number of hydrogen-bond acceptors (Lipinski definition) is 4. The van der Waals surface area contributed by atoms with Crippen LogP contribution in [0.25, 0.3) is 0 Å². The maximum atomic E-state index is 12.2. The first kappa shape index (κ1) is 13.7. The second kappa shape index (κ2) is 4.95. The molecule has 0 spiro atoms. The van der Waals surface area contributed by atoms with E-state index in [4.69, 9.17) is 5.73 Å². The molecule has 1 aromatic rings. The molecule has 1 fully saturated rings. The summed E-state index contributed by atoms with van der Waals surface area (Å²) in [5, 5.41) is 0. The van der Waals surface area contributed by atoms with Crippen LogP contribution in [0.15, 0.2) is 23.1 Å². The Morgan fingerprint density at radius 3 is 2.70 bits per heavy atom. The molecule has 0 heterocycles. The summed E-state index contributed by atoms with van der Waals surface area (Å²) in [7, 11) is -3.54. The fourth-order valence-corrected chi connectivity index (χ4v) is 3.99. The molecule has 3 rings (SSSR count). The van der Waals surface area contributed by atoms with Crippen molar-refractivity contribution in [3.8, 4) is 0 Å². The molecule has 1 aromatic carbocycles. The number of benzene rings is 1. The molecule has 0 aromatic heterocycles. The van der Waals surface area contributed by atoms with Gasteiger partial charge in [0, 0.05) is 24.6 Å². The number of rotatable bonds is 4. The lowest BCUT2D eigenvalue weighted by Crippen LogP contribution is -2.42.